The van der Waals surface area contributed by atoms with Crippen LogP contribution in [0, 0.1) is 17.3 Å². The number of carbonyl (C=O) groups is 1. The molecule has 33 heavy (non-hydrogen) atoms. The molecule has 3 unspecified atom stereocenters. The molecule has 2 saturated carbocycles. The molecule has 1 aliphatic heterocycles. The summed E-state index contributed by atoms with van der Waals surface area (Å²) in [6.45, 7) is 2.69. The number of fused-ring (bicyclic) bond motifs is 5. The number of rotatable bonds is 4. The molecule has 0 saturated heterocycles. The second-order valence-corrected chi connectivity index (χ2v) is 10.5. The molecular weight excluding hydrogens is 410 g/mol. The third kappa shape index (κ3) is 3.45. The number of hydrogen-bond acceptors (Lipinski definition) is 5. The highest BCUT2D eigenvalue weighted by Gasteiger charge is 2.54. The lowest BCUT2D eigenvalue weighted by atomic mass is 9.55. The van der Waals surface area contributed by atoms with Crippen molar-refractivity contribution in [2.45, 2.75) is 51.4 Å². The van der Waals surface area contributed by atoms with Crippen molar-refractivity contribution in [2.75, 3.05) is 13.8 Å². The van der Waals surface area contributed by atoms with Gasteiger partial charge in [0.05, 0.1) is 5.70 Å². The van der Waals surface area contributed by atoms with Crippen LogP contribution in [-0.2, 0) is 11.2 Å². The fraction of sp³-hybridized carbons (Fsp3) is 0.464. The van der Waals surface area contributed by atoms with Gasteiger partial charge in [-0.15, -0.1) is 5.53 Å². The molecule has 0 aromatic heterocycles. The molecule has 0 radical (unpaired) electrons. The molecule has 3 aliphatic carbocycles. The van der Waals surface area contributed by atoms with E-state index >= 15 is 0 Å². The number of aryl methyl sites for hydroxylation is 1. The zero-order chi connectivity index (χ0) is 22.6. The number of hydrazine groups is 2. The van der Waals surface area contributed by atoms with Crippen LogP contribution in [0.4, 0.5) is 0 Å². The Labute approximate surface area is 196 Å². The van der Waals surface area contributed by atoms with Crippen molar-refractivity contribution in [3.63, 3.8) is 0 Å². The summed E-state index contributed by atoms with van der Waals surface area (Å²) in [7, 11) is 2.02. The second kappa shape index (κ2) is 7.91. The van der Waals surface area contributed by atoms with E-state index in [2.05, 4.69) is 61.1 Å². The summed E-state index contributed by atoms with van der Waals surface area (Å²) in [5, 5.41) is 3.98. The first-order valence-corrected chi connectivity index (χ1v) is 12.4. The predicted octanol–water partition coefficient (Wildman–Crippen LogP) is 5.11. The first-order chi connectivity index (χ1) is 16.0. The average molecular weight is 444 g/mol. The molecule has 4 aliphatic rings. The van der Waals surface area contributed by atoms with Crippen molar-refractivity contribution in [3.05, 3.63) is 71.4 Å². The van der Waals surface area contributed by atoms with E-state index in [0.29, 0.717) is 30.3 Å². The molecule has 2 aromatic rings. The van der Waals surface area contributed by atoms with E-state index in [-0.39, 0.29) is 5.41 Å². The zero-order valence-corrected chi connectivity index (χ0v) is 19.6. The molecule has 5 heteroatoms. The second-order valence-electron chi connectivity index (χ2n) is 10.5. The predicted molar refractivity (Wildman–Crippen MR) is 129 cm³/mol. The van der Waals surface area contributed by atoms with Gasteiger partial charge in [0.2, 0.25) is 0 Å². The molecule has 0 spiro atoms. The van der Waals surface area contributed by atoms with Gasteiger partial charge >= 0.3 is 0 Å². The Kier molecular flexibility index (Phi) is 4.98. The van der Waals surface area contributed by atoms with Crippen LogP contribution in [0.5, 0.6) is 5.75 Å². The van der Waals surface area contributed by atoms with Crippen LogP contribution in [0.25, 0.3) is 5.70 Å². The van der Waals surface area contributed by atoms with Crippen molar-refractivity contribution < 1.29 is 9.53 Å². The number of nitrogens with one attached hydrogen (secondary N) is 1. The van der Waals surface area contributed by atoms with Gasteiger partial charge in [-0.05, 0) is 73.1 Å². The maximum Gasteiger partial charge on any atom is 0.176 e. The van der Waals surface area contributed by atoms with E-state index in [1.54, 1.807) is 0 Å². The summed E-state index contributed by atoms with van der Waals surface area (Å²) in [5.41, 5.74) is 8.50. The Bertz CT molecular complexity index is 1100. The van der Waals surface area contributed by atoms with E-state index < -0.39 is 0 Å². The fourth-order valence-corrected chi connectivity index (χ4v) is 7.02. The third-order valence-electron chi connectivity index (χ3n) is 8.76. The van der Waals surface area contributed by atoms with Crippen molar-refractivity contribution in [1.29, 1.82) is 0 Å². The Hall–Kier alpha value is -2.79. The summed E-state index contributed by atoms with van der Waals surface area (Å²) in [6, 6.07) is 17.1. The lowest BCUT2D eigenvalue weighted by molar-refractivity contribution is -0.129. The minimum Gasteiger partial charge on any atom is -0.472 e. The third-order valence-corrected chi connectivity index (χ3v) is 8.76. The van der Waals surface area contributed by atoms with Crippen molar-refractivity contribution in [2.24, 2.45) is 17.3 Å². The van der Waals surface area contributed by atoms with Crippen LogP contribution in [0.2, 0.25) is 0 Å². The molecular formula is C28H33N3O2. The molecule has 1 heterocycles. The van der Waals surface area contributed by atoms with E-state index in [9.17, 15) is 4.79 Å². The number of ketones is 1. The summed E-state index contributed by atoms with van der Waals surface area (Å²) in [6.07, 6.45) is 8.48. The minimum absolute atomic E-state index is 0.0519. The molecule has 4 atom stereocenters. The number of carbonyl (C=O) groups excluding carboxylic acids is 1. The Morgan fingerprint density at radius 2 is 1.94 bits per heavy atom. The highest BCUT2D eigenvalue weighted by atomic mass is 16.5. The Morgan fingerprint density at radius 3 is 2.79 bits per heavy atom. The normalized spacial score (nSPS) is 30.5. The number of hydrogen-bond donors (Lipinski definition) is 1. The summed E-state index contributed by atoms with van der Waals surface area (Å²) >= 11 is 0. The Balaban J connectivity index is 1.14. The molecule has 0 amide bonds. The molecule has 6 rings (SSSR count). The Morgan fingerprint density at radius 1 is 1.09 bits per heavy atom. The van der Waals surface area contributed by atoms with Crippen LogP contribution in [0.3, 0.4) is 0 Å². The number of nitrogens with zero attached hydrogens (tertiary/aromatic N) is 2. The minimum atomic E-state index is -0.0519. The summed E-state index contributed by atoms with van der Waals surface area (Å²) in [4.78, 5) is 12.6. The van der Waals surface area contributed by atoms with Gasteiger partial charge in [0.25, 0.3) is 0 Å². The van der Waals surface area contributed by atoms with Crippen molar-refractivity contribution in [1.82, 2.24) is 15.6 Å². The lowest BCUT2D eigenvalue weighted by Crippen LogP contribution is -2.42. The van der Waals surface area contributed by atoms with E-state index in [1.807, 2.05) is 23.1 Å². The van der Waals surface area contributed by atoms with Crippen LogP contribution in [-0.4, -0.2) is 29.6 Å². The molecule has 5 nitrogen and oxygen atoms in total. The van der Waals surface area contributed by atoms with Gasteiger partial charge in [0.15, 0.2) is 6.73 Å². The van der Waals surface area contributed by atoms with Crippen LogP contribution >= 0.6 is 0 Å². The van der Waals surface area contributed by atoms with Gasteiger partial charge in [-0.25, -0.2) is 0 Å². The number of Topliss-reactive ketones (excluding diaryl/α,β-unsaturated/α-hetero) is 1. The van der Waals surface area contributed by atoms with Gasteiger partial charge in [-0.2, -0.15) is 0 Å². The zero-order valence-electron chi connectivity index (χ0n) is 19.6. The van der Waals surface area contributed by atoms with Gasteiger partial charge in [0, 0.05) is 30.6 Å². The quantitative estimate of drug-likeness (QED) is 0.711. The average Bonchev–Trinajstić information content (AvgIpc) is 3.36. The monoisotopic (exact) mass is 443 g/mol. The number of ether oxygens (including phenoxy) is 1. The van der Waals surface area contributed by atoms with Gasteiger partial charge in [-0.3, -0.25) is 14.8 Å². The van der Waals surface area contributed by atoms with E-state index in [1.165, 1.54) is 23.1 Å². The summed E-state index contributed by atoms with van der Waals surface area (Å²) < 4.78 is 6.17. The first kappa shape index (κ1) is 20.8. The molecule has 2 aromatic carbocycles. The smallest absolute Gasteiger partial charge is 0.176 e. The van der Waals surface area contributed by atoms with Gasteiger partial charge in [0.1, 0.15) is 11.5 Å². The van der Waals surface area contributed by atoms with Crippen LogP contribution in [0.15, 0.2) is 54.7 Å². The SMILES string of the molecule is CN1NN(COc2ccc3c(c2)CCC2C3CC[C@]3(C)C(=O)CCC23)C=C1c1ccccc1. The fourth-order valence-electron chi connectivity index (χ4n) is 7.02. The van der Waals surface area contributed by atoms with Crippen LogP contribution in [0.1, 0.15) is 61.6 Å². The summed E-state index contributed by atoms with van der Waals surface area (Å²) in [5.74, 6) is 3.30. The number of benzene rings is 2. The topological polar surface area (TPSA) is 44.8 Å². The highest BCUT2D eigenvalue weighted by molar-refractivity contribution is 5.87. The molecule has 2 fully saturated rings. The standard InChI is InChI=1S/C28H33N3O2/c1-28-15-14-23-22-11-9-21(16-20(22)8-10-24(23)25(28)12-13-27(28)32)33-18-31-17-26(30(2)29-31)19-6-4-3-5-7-19/h3-7,9,11,16-17,23-25,29H,8,10,12-15,18H2,1-2H3/t23?,24?,25?,28-/m0/s1. The van der Waals surface area contributed by atoms with Gasteiger partial charge < -0.3 is 4.74 Å². The van der Waals surface area contributed by atoms with Crippen molar-refractivity contribution in [3.8, 4) is 5.75 Å². The maximum atomic E-state index is 12.6. The lowest BCUT2D eigenvalue weighted by Gasteiger charge is -2.48. The maximum absolute atomic E-state index is 12.6. The van der Waals surface area contributed by atoms with E-state index in [4.69, 9.17) is 4.74 Å². The molecule has 172 valence electrons. The molecule has 0 bridgehead atoms. The molecule has 1 N–H and O–H groups in total. The van der Waals surface area contributed by atoms with E-state index in [0.717, 1.165) is 43.6 Å². The highest BCUT2D eigenvalue weighted by Crippen LogP contribution is 2.59. The largest absolute Gasteiger partial charge is 0.472 e. The van der Waals surface area contributed by atoms with Crippen molar-refractivity contribution >= 4 is 11.5 Å². The first-order valence-electron chi connectivity index (χ1n) is 12.4. The van der Waals surface area contributed by atoms with Crippen LogP contribution < -0.4 is 10.3 Å². The van der Waals surface area contributed by atoms with Gasteiger partial charge in [-0.1, -0.05) is 43.3 Å².